The van der Waals surface area contributed by atoms with Crippen LogP contribution < -0.4 is 10.6 Å². The number of benzene rings is 2. The molecule has 6 rings (SSSR count). The first-order valence-corrected chi connectivity index (χ1v) is 14.1. The Kier molecular flexibility index (Phi) is 7.61. The number of aromatic nitrogens is 2. The average molecular weight is 523 g/mol. The standard InChI is InChI=1S/C32H38N6O/c1-23-8-13-27(39-23)22-34-26-11-9-24(10-12-26)30-20-25-21-35-32(36-31(25)29-7-4-3-6-28(29)30)33-14-5-15-38-18-16-37(2)17-19-38/h3-4,6-13,21,30,34H,5,14-20,22H2,1-2H3,(H,33,35,36). The molecule has 2 aromatic heterocycles. The van der Waals surface area contributed by atoms with Crippen LogP contribution in [0.3, 0.4) is 0 Å². The number of aryl methyl sites for hydroxylation is 1. The Balaban J connectivity index is 1.11. The van der Waals surface area contributed by atoms with Crippen molar-refractivity contribution in [2.45, 2.75) is 32.2 Å². The Morgan fingerprint density at radius 2 is 1.77 bits per heavy atom. The molecule has 0 saturated carbocycles. The summed E-state index contributed by atoms with van der Waals surface area (Å²) in [5.74, 6) is 2.88. The fraction of sp³-hybridized carbons (Fsp3) is 0.375. The predicted molar refractivity (Wildman–Crippen MR) is 157 cm³/mol. The zero-order valence-corrected chi connectivity index (χ0v) is 23.0. The molecule has 1 aliphatic carbocycles. The van der Waals surface area contributed by atoms with Gasteiger partial charge in [-0.25, -0.2) is 9.97 Å². The molecule has 1 aliphatic heterocycles. The number of furan rings is 1. The second-order valence-electron chi connectivity index (χ2n) is 10.8. The highest BCUT2D eigenvalue weighted by Crippen LogP contribution is 2.42. The van der Waals surface area contributed by atoms with Crippen LogP contribution in [0.2, 0.25) is 0 Å². The second-order valence-corrected chi connectivity index (χ2v) is 10.8. The molecule has 1 unspecified atom stereocenters. The number of anilines is 2. The third-order valence-electron chi connectivity index (χ3n) is 7.99. The summed E-state index contributed by atoms with van der Waals surface area (Å²) in [4.78, 5) is 14.6. The molecule has 7 heteroatoms. The SMILES string of the molecule is Cc1ccc(CNc2ccc(C3Cc4cnc(NCCCN5CCN(C)CC5)nc4-c4ccccc43)cc2)o1. The van der Waals surface area contributed by atoms with E-state index in [4.69, 9.17) is 14.4 Å². The number of nitrogens with one attached hydrogen (secondary N) is 2. The molecule has 0 amide bonds. The van der Waals surface area contributed by atoms with E-state index in [2.05, 4.69) is 76.0 Å². The number of rotatable bonds is 9. The Hall–Kier alpha value is -3.68. The summed E-state index contributed by atoms with van der Waals surface area (Å²) in [6.07, 6.45) is 4.01. The van der Waals surface area contributed by atoms with Gasteiger partial charge in [0.2, 0.25) is 5.95 Å². The molecule has 2 aromatic carbocycles. The minimum atomic E-state index is 0.279. The normalized spacial score (nSPS) is 17.4. The fourth-order valence-electron chi connectivity index (χ4n) is 5.70. The maximum atomic E-state index is 5.68. The van der Waals surface area contributed by atoms with E-state index < -0.39 is 0 Å². The molecule has 1 atom stereocenters. The number of hydrogen-bond acceptors (Lipinski definition) is 7. The van der Waals surface area contributed by atoms with E-state index in [-0.39, 0.29) is 5.92 Å². The fourth-order valence-corrected chi connectivity index (χ4v) is 5.70. The van der Waals surface area contributed by atoms with Crippen LogP contribution in [0.4, 0.5) is 11.6 Å². The maximum absolute atomic E-state index is 5.68. The van der Waals surface area contributed by atoms with Crippen LogP contribution >= 0.6 is 0 Å². The van der Waals surface area contributed by atoms with Gasteiger partial charge in [0.15, 0.2) is 0 Å². The zero-order valence-electron chi connectivity index (χ0n) is 23.0. The van der Waals surface area contributed by atoms with Gasteiger partial charge < -0.3 is 24.9 Å². The smallest absolute Gasteiger partial charge is 0.223 e. The summed E-state index contributed by atoms with van der Waals surface area (Å²) in [6.45, 7) is 9.29. The summed E-state index contributed by atoms with van der Waals surface area (Å²) < 4.78 is 5.68. The first-order chi connectivity index (χ1) is 19.1. The minimum absolute atomic E-state index is 0.279. The predicted octanol–water partition coefficient (Wildman–Crippen LogP) is 5.39. The van der Waals surface area contributed by atoms with E-state index >= 15 is 0 Å². The Morgan fingerprint density at radius 3 is 2.56 bits per heavy atom. The zero-order chi connectivity index (χ0) is 26.6. The van der Waals surface area contributed by atoms with Crippen molar-refractivity contribution in [1.82, 2.24) is 19.8 Å². The van der Waals surface area contributed by atoms with Crippen molar-refractivity contribution in [1.29, 1.82) is 0 Å². The number of nitrogens with zero attached hydrogens (tertiary/aromatic N) is 4. The van der Waals surface area contributed by atoms with Crippen LogP contribution in [-0.4, -0.2) is 66.1 Å². The molecule has 7 nitrogen and oxygen atoms in total. The number of fused-ring (bicyclic) bond motifs is 3. The summed E-state index contributed by atoms with van der Waals surface area (Å²) in [6, 6.07) is 21.5. The van der Waals surface area contributed by atoms with Gasteiger partial charge in [-0.15, -0.1) is 0 Å². The Morgan fingerprint density at radius 1 is 0.949 bits per heavy atom. The van der Waals surface area contributed by atoms with Crippen molar-refractivity contribution >= 4 is 11.6 Å². The highest BCUT2D eigenvalue weighted by atomic mass is 16.3. The second kappa shape index (κ2) is 11.6. The van der Waals surface area contributed by atoms with Gasteiger partial charge in [-0.1, -0.05) is 36.4 Å². The van der Waals surface area contributed by atoms with Crippen molar-refractivity contribution in [3.05, 3.63) is 95.1 Å². The lowest BCUT2D eigenvalue weighted by Crippen LogP contribution is -2.44. The first-order valence-electron chi connectivity index (χ1n) is 14.1. The highest BCUT2D eigenvalue weighted by molar-refractivity contribution is 5.72. The summed E-state index contributed by atoms with van der Waals surface area (Å²) >= 11 is 0. The molecule has 1 fully saturated rings. The Labute approximate surface area is 231 Å². The first kappa shape index (κ1) is 25.6. The number of piperazine rings is 1. The van der Waals surface area contributed by atoms with Crippen molar-refractivity contribution in [3.8, 4) is 11.3 Å². The number of likely N-dealkylation sites (N-methyl/N-ethyl adjacent to an activating group) is 1. The number of hydrogen-bond donors (Lipinski definition) is 2. The van der Waals surface area contributed by atoms with Gasteiger partial charge in [-0.3, -0.25) is 0 Å². The van der Waals surface area contributed by atoms with E-state index in [0.29, 0.717) is 6.54 Å². The summed E-state index contributed by atoms with van der Waals surface area (Å²) in [5.41, 5.74) is 7.20. The van der Waals surface area contributed by atoms with Crippen LogP contribution in [-0.2, 0) is 13.0 Å². The average Bonchev–Trinajstić information content (AvgIpc) is 3.40. The molecule has 0 radical (unpaired) electrons. The van der Waals surface area contributed by atoms with Gasteiger partial charge in [-0.2, -0.15) is 0 Å². The quantitative estimate of drug-likeness (QED) is 0.286. The topological polar surface area (TPSA) is 69.5 Å². The van der Waals surface area contributed by atoms with E-state index in [1.54, 1.807) is 0 Å². The molecule has 39 heavy (non-hydrogen) atoms. The molecule has 1 saturated heterocycles. The summed E-state index contributed by atoms with van der Waals surface area (Å²) in [7, 11) is 2.20. The van der Waals surface area contributed by atoms with Crippen molar-refractivity contribution in [2.24, 2.45) is 0 Å². The van der Waals surface area contributed by atoms with Crippen molar-refractivity contribution < 1.29 is 4.42 Å². The van der Waals surface area contributed by atoms with Crippen LogP contribution in [0.15, 0.2) is 71.3 Å². The maximum Gasteiger partial charge on any atom is 0.223 e. The van der Waals surface area contributed by atoms with Crippen LogP contribution in [0.25, 0.3) is 11.3 Å². The molecular weight excluding hydrogens is 484 g/mol. The molecule has 202 valence electrons. The Bertz CT molecular complexity index is 1390. The molecule has 0 spiro atoms. The van der Waals surface area contributed by atoms with E-state index in [1.807, 2.05) is 25.3 Å². The van der Waals surface area contributed by atoms with Gasteiger partial charge in [0.05, 0.1) is 12.2 Å². The van der Waals surface area contributed by atoms with Gasteiger partial charge in [0.25, 0.3) is 0 Å². The van der Waals surface area contributed by atoms with Gasteiger partial charge in [0, 0.05) is 56.1 Å². The van der Waals surface area contributed by atoms with Crippen molar-refractivity contribution in [3.63, 3.8) is 0 Å². The largest absolute Gasteiger partial charge is 0.465 e. The molecule has 3 heterocycles. The van der Waals surface area contributed by atoms with E-state index in [9.17, 15) is 0 Å². The molecule has 2 aliphatic rings. The minimum Gasteiger partial charge on any atom is -0.465 e. The van der Waals surface area contributed by atoms with Crippen molar-refractivity contribution in [2.75, 3.05) is 56.9 Å². The molecule has 2 N–H and O–H groups in total. The van der Waals surface area contributed by atoms with Gasteiger partial charge in [0.1, 0.15) is 11.5 Å². The van der Waals surface area contributed by atoms with Gasteiger partial charge >= 0.3 is 0 Å². The third-order valence-corrected chi connectivity index (χ3v) is 7.99. The van der Waals surface area contributed by atoms with Crippen LogP contribution in [0.1, 0.15) is 40.5 Å². The molecule has 4 aromatic rings. The third kappa shape index (κ3) is 6.00. The monoisotopic (exact) mass is 522 g/mol. The lowest BCUT2D eigenvalue weighted by Gasteiger charge is -2.32. The van der Waals surface area contributed by atoms with Crippen LogP contribution in [0.5, 0.6) is 0 Å². The lowest BCUT2D eigenvalue weighted by molar-refractivity contribution is 0.154. The highest BCUT2D eigenvalue weighted by Gasteiger charge is 2.27. The van der Waals surface area contributed by atoms with Gasteiger partial charge in [-0.05, 0) is 74.3 Å². The molecular formula is C32H38N6O. The molecule has 0 bridgehead atoms. The van der Waals surface area contributed by atoms with Crippen LogP contribution in [0, 0.1) is 6.92 Å². The van der Waals surface area contributed by atoms with E-state index in [0.717, 1.165) is 81.0 Å². The lowest BCUT2D eigenvalue weighted by atomic mass is 9.78. The van der Waals surface area contributed by atoms with E-state index in [1.165, 1.54) is 22.3 Å². The summed E-state index contributed by atoms with van der Waals surface area (Å²) in [5, 5.41) is 6.94.